The molecule has 0 bridgehead atoms. The van der Waals surface area contributed by atoms with E-state index in [1.54, 1.807) is 46.2 Å². The zero-order valence-corrected chi connectivity index (χ0v) is 16.4. The van der Waals surface area contributed by atoms with Gasteiger partial charge in [-0.15, -0.1) is 0 Å². The van der Waals surface area contributed by atoms with Gasteiger partial charge in [-0.05, 0) is 35.9 Å². The van der Waals surface area contributed by atoms with E-state index in [4.69, 9.17) is 11.6 Å². The van der Waals surface area contributed by atoms with Crippen LogP contribution in [0.15, 0.2) is 48.5 Å². The molecular weight excluding hydrogens is 378 g/mol. The Morgan fingerprint density at radius 3 is 2.18 bits per heavy atom. The lowest BCUT2D eigenvalue weighted by atomic mass is 10.1. The van der Waals surface area contributed by atoms with E-state index in [1.165, 1.54) is 6.92 Å². The number of amides is 3. The van der Waals surface area contributed by atoms with Crippen molar-refractivity contribution in [2.75, 3.05) is 26.2 Å². The van der Waals surface area contributed by atoms with Gasteiger partial charge in [-0.3, -0.25) is 14.4 Å². The van der Waals surface area contributed by atoms with E-state index in [2.05, 4.69) is 5.32 Å². The van der Waals surface area contributed by atoms with Crippen LogP contribution in [0.4, 0.5) is 0 Å². The summed E-state index contributed by atoms with van der Waals surface area (Å²) in [5.74, 6) is -0.354. The van der Waals surface area contributed by atoms with Crippen LogP contribution in [0.5, 0.6) is 0 Å². The van der Waals surface area contributed by atoms with Gasteiger partial charge >= 0.3 is 0 Å². The third-order valence-corrected chi connectivity index (χ3v) is 5.00. The summed E-state index contributed by atoms with van der Waals surface area (Å²) in [7, 11) is 0. The Morgan fingerprint density at radius 1 is 0.929 bits per heavy atom. The molecule has 3 amide bonds. The highest BCUT2D eigenvalue weighted by atomic mass is 35.5. The molecule has 1 heterocycles. The molecule has 0 atom stereocenters. The molecule has 1 aliphatic heterocycles. The molecule has 0 aliphatic carbocycles. The van der Waals surface area contributed by atoms with Gasteiger partial charge in [-0.2, -0.15) is 0 Å². The molecule has 1 saturated heterocycles. The third-order valence-electron chi connectivity index (χ3n) is 4.75. The average molecular weight is 400 g/mol. The molecule has 146 valence electrons. The number of benzene rings is 2. The summed E-state index contributed by atoms with van der Waals surface area (Å²) in [5, 5.41) is 3.49. The van der Waals surface area contributed by atoms with E-state index in [9.17, 15) is 14.4 Å². The molecule has 0 aromatic heterocycles. The third kappa shape index (κ3) is 4.89. The smallest absolute Gasteiger partial charge is 0.253 e. The Morgan fingerprint density at radius 2 is 1.54 bits per heavy atom. The highest BCUT2D eigenvalue weighted by molar-refractivity contribution is 6.30. The van der Waals surface area contributed by atoms with Crippen molar-refractivity contribution in [1.29, 1.82) is 0 Å². The summed E-state index contributed by atoms with van der Waals surface area (Å²) in [4.78, 5) is 40.0. The Labute approximate surface area is 169 Å². The summed E-state index contributed by atoms with van der Waals surface area (Å²) in [6, 6.07) is 13.9. The molecule has 0 unspecified atom stereocenters. The van der Waals surface area contributed by atoms with Crippen LogP contribution >= 0.6 is 11.6 Å². The minimum Gasteiger partial charge on any atom is -0.348 e. The van der Waals surface area contributed by atoms with Crippen LogP contribution in [0.2, 0.25) is 5.02 Å². The second-order valence-corrected chi connectivity index (χ2v) is 7.12. The quantitative estimate of drug-likeness (QED) is 0.859. The molecule has 1 aliphatic rings. The van der Waals surface area contributed by atoms with Crippen molar-refractivity contribution in [3.63, 3.8) is 0 Å². The maximum Gasteiger partial charge on any atom is 0.253 e. The van der Waals surface area contributed by atoms with E-state index < -0.39 is 0 Å². The minimum atomic E-state index is -0.244. The van der Waals surface area contributed by atoms with Gasteiger partial charge in [0.2, 0.25) is 5.91 Å². The van der Waals surface area contributed by atoms with Gasteiger partial charge in [0.15, 0.2) is 0 Å². The molecular formula is C21H22ClN3O3. The van der Waals surface area contributed by atoms with Gasteiger partial charge in [-0.1, -0.05) is 29.8 Å². The molecule has 2 aromatic rings. The summed E-state index contributed by atoms with van der Waals surface area (Å²) >= 11 is 5.86. The molecule has 0 saturated carbocycles. The summed E-state index contributed by atoms with van der Waals surface area (Å²) in [5.41, 5.74) is 1.84. The zero-order chi connectivity index (χ0) is 20.1. The second-order valence-electron chi connectivity index (χ2n) is 6.69. The van der Waals surface area contributed by atoms with Gasteiger partial charge in [0.25, 0.3) is 11.8 Å². The largest absolute Gasteiger partial charge is 0.348 e. The fourth-order valence-electron chi connectivity index (χ4n) is 3.09. The number of hydrogen-bond acceptors (Lipinski definition) is 3. The number of rotatable bonds is 4. The van der Waals surface area contributed by atoms with Crippen LogP contribution in [0.3, 0.4) is 0 Å². The van der Waals surface area contributed by atoms with E-state index in [0.29, 0.717) is 48.9 Å². The summed E-state index contributed by atoms with van der Waals surface area (Å²) in [6.45, 7) is 3.95. The molecule has 7 heteroatoms. The number of carbonyl (C=O) groups excluding carboxylic acids is 3. The van der Waals surface area contributed by atoms with Crippen molar-refractivity contribution >= 4 is 29.3 Å². The highest BCUT2D eigenvalue weighted by Crippen LogP contribution is 2.13. The fourth-order valence-corrected chi connectivity index (χ4v) is 3.21. The van der Waals surface area contributed by atoms with Crippen molar-refractivity contribution in [3.8, 4) is 0 Å². The standard InChI is InChI=1S/C21H22ClN3O3/c1-15(26)24-9-11-25(12-10-24)21(28)18-4-2-3-17(13-18)20(27)23-14-16-5-7-19(22)8-6-16/h2-8,13H,9-12,14H2,1H3,(H,23,27). The fraction of sp³-hybridized carbons (Fsp3) is 0.286. The topological polar surface area (TPSA) is 69.7 Å². The molecule has 28 heavy (non-hydrogen) atoms. The first kappa shape index (κ1) is 19.9. The number of nitrogens with one attached hydrogen (secondary N) is 1. The van der Waals surface area contributed by atoms with E-state index in [-0.39, 0.29) is 17.7 Å². The molecule has 2 aromatic carbocycles. The Balaban J connectivity index is 1.61. The number of carbonyl (C=O) groups is 3. The van der Waals surface area contributed by atoms with Crippen molar-refractivity contribution in [2.45, 2.75) is 13.5 Å². The first-order valence-corrected chi connectivity index (χ1v) is 9.49. The minimum absolute atomic E-state index is 0.0199. The van der Waals surface area contributed by atoms with Gasteiger partial charge in [-0.25, -0.2) is 0 Å². The van der Waals surface area contributed by atoms with Crippen LogP contribution in [0.1, 0.15) is 33.2 Å². The Bertz CT molecular complexity index is 875. The van der Waals surface area contributed by atoms with Gasteiger partial charge in [0, 0.05) is 55.8 Å². The molecule has 0 spiro atoms. The van der Waals surface area contributed by atoms with E-state index >= 15 is 0 Å². The van der Waals surface area contributed by atoms with Crippen LogP contribution in [-0.2, 0) is 11.3 Å². The molecule has 3 rings (SSSR count). The monoisotopic (exact) mass is 399 g/mol. The van der Waals surface area contributed by atoms with Gasteiger partial charge < -0.3 is 15.1 Å². The zero-order valence-electron chi connectivity index (χ0n) is 15.7. The lowest BCUT2D eigenvalue weighted by Crippen LogP contribution is -2.50. The number of hydrogen-bond donors (Lipinski definition) is 1. The molecule has 0 radical (unpaired) electrons. The first-order chi connectivity index (χ1) is 13.4. The number of piperazine rings is 1. The average Bonchev–Trinajstić information content (AvgIpc) is 2.72. The molecule has 1 fully saturated rings. The predicted octanol–water partition coefficient (Wildman–Crippen LogP) is 2.57. The van der Waals surface area contributed by atoms with Crippen molar-refractivity contribution < 1.29 is 14.4 Å². The van der Waals surface area contributed by atoms with Crippen LogP contribution < -0.4 is 5.32 Å². The normalized spacial score (nSPS) is 13.9. The van der Waals surface area contributed by atoms with Crippen LogP contribution in [0, 0.1) is 0 Å². The summed E-state index contributed by atoms with van der Waals surface area (Å²) < 4.78 is 0. The maximum absolute atomic E-state index is 12.7. The molecule has 6 nitrogen and oxygen atoms in total. The van der Waals surface area contributed by atoms with Crippen LogP contribution in [0.25, 0.3) is 0 Å². The number of nitrogens with zero attached hydrogens (tertiary/aromatic N) is 2. The van der Waals surface area contributed by atoms with Gasteiger partial charge in [0.05, 0.1) is 0 Å². The Hall–Kier alpha value is -2.86. The van der Waals surface area contributed by atoms with Crippen molar-refractivity contribution in [1.82, 2.24) is 15.1 Å². The SMILES string of the molecule is CC(=O)N1CCN(C(=O)c2cccc(C(=O)NCc3ccc(Cl)cc3)c2)CC1. The predicted molar refractivity (Wildman–Crippen MR) is 107 cm³/mol. The van der Waals surface area contributed by atoms with Crippen LogP contribution in [-0.4, -0.2) is 53.7 Å². The Kier molecular flexibility index (Phi) is 6.31. The number of halogens is 1. The van der Waals surface area contributed by atoms with E-state index in [1.807, 2.05) is 12.1 Å². The van der Waals surface area contributed by atoms with Crippen molar-refractivity contribution in [2.24, 2.45) is 0 Å². The highest BCUT2D eigenvalue weighted by Gasteiger charge is 2.23. The molecule has 1 N–H and O–H groups in total. The van der Waals surface area contributed by atoms with Crippen molar-refractivity contribution in [3.05, 3.63) is 70.2 Å². The summed E-state index contributed by atoms with van der Waals surface area (Å²) in [6.07, 6.45) is 0. The first-order valence-electron chi connectivity index (χ1n) is 9.11. The van der Waals surface area contributed by atoms with Gasteiger partial charge in [0.1, 0.15) is 0 Å². The second kappa shape index (κ2) is 8.89. The lowest BCUT2D eigenvalue weighted by Gasteiger charge is -2.34. The lowest BCUT2D eigenvalue weighted by molar-refractivity contribution is -0.130. The van der Waals surface area contributed by atoms with E-state index in [0.717, 1.165) is 5.56 Å². The maximum atomic E-state index is 12.7.